The van der Waals surface area contributed by atoms with E-state index in [1.165, 1.54) is 73.1 Å². The molecule has 6 aromatic rings. The van der Waals surface area contributed by atoms with Crippen molar-refractivity contribution in [2.45, 2.75) is 0 Å². The van der Waals surface area contributed by atoms with Crippen molar-refractivity contribution >= 4 is 92.5 Å². The topological polar surface area (TPSA) is 328 Å². The minimum Gasteiger partial charge on any atom is -0.507 e. The van der Waals surface area contributed by atoms with Crippen LogP contribution in [0.2, 0.25) is 10.0 Å². The second kappa shape index (κ2) is 23.0. The number of halogens is 2. The van der Waals surface area contributed by atoms with Gasteiger partial charge in [0.15, 0.2) is 0 Å². The normalized spacial score (nSPS) is 10.9. The molecular weight excluding hydrogens is 918 g/mol. The number of nitrogens with zero attached hydrogens (tertiary/aromatic N) is 10. The third-order valence-corrected chi connectivity index (χ3v) is 8.48. The molecule has 0 heterocycles. The summed E-state index contributed by atoms with van der Waals surface area (Å²) in [7, 11) is 0. The zero-order chi connectivity index (χ0) is 45.1. The number of benzene rings is 6. The summed E-state index contributed by atoms with van der Waals surface area (Å²) in [6, 6.07) is 22.6. The second-order valence-electron chi connectivity index (χ2n) is 12.0. The van der Waals surface area contributed by atoms with Gasteiger partial charge < -0.3 is 20.4 Å². The van der Waals surface area contributed by atoms with E-state index in [0.29, 0.717) is 11.4 Å². The average Bonchev–Trinajstić information content (AvgIpc) is 3.23. The van der Waals surface area contributed by atoms with E-state index in [-0.39, 0.29) is 126 Å². The first-order valence-corrected chi connectivity index (χ1v) is 17.6. The molecule has 0 aliphatic carbocycles. The van der Waals surface area contributed by atoms with Crippen LogP contribution in [-0.2, 0) is 17.4 Å². The van der Waals surface area contributed by atoms with Crippen LogP contribution >= 0.6 is 23.2 Å². The smallest absolute Gasteiger partial charge is 0.507 e. The van der Waals surface area contributed by atoms with Crippen LogP contribution in [-0.4, -0.2) is 52.5 Å². The Hall–Kier alpha value is -7.63. The van der Waals surface area contributed by atoms with E-state index < -0.39 is 19.7 Å². The molecule has 0 aliphatic heterocycles. The van der Waals surface area contributed by atoms with Gasteiger partial charge >= 0.3 is 18.9 Å². The monoisotopic (exact) mass is 941 g/mol. The Bertz CT molecular complexity index is 2700. The molecule has 0 atom stereocenters. The molecule has 0 saturated carbocycles. The summed E-state index contributed by atoms with van der Waals surface area (Å²) in [4.78, 5) is 48.8. The van der Waals surface area contributed by atoms with Gasteiger partial charge in [0.2, 0.25) is 0 Å². The molecule has 0 bridgehead atoms. The molecule has 0 spiro atoms. The van der Waals surface area contributed by atoms with E-state index in [0.717, 1.165) is 48.5 Å². The number of rotatable bonds is 12. The summed E-state index contributed by atoms with van der Waals surface area (Å²) >= 11 is 11.9. The minimum absolute atomic E-state index is 0. The molecule has 4 N–H and O–H groups in total. The largest absolute Gasteiger partial charge is 1.00 e. The van der Waals surface area contributed by atoms with E-state index in [1.807, 2.05) is 0 Å². The van der Waals surface area contributed by atoms with Crippen LogP contribution < -0.4 is 18.9 Å². The fraction of sp³-hybridized carbons (Fsp3) is 0. The van der Waals surface area contributed by atoms with Crippen molar-refractivity contribution in [1.82, 2.24) is 0 Å². The van der Waals surface area contributed by atoms with Crippen LogP contribution in [0.3, 0.4) is 0 Å². The van der Waals surface area contributed by atoms with Crippen molar-refractivity contribution in [2.24, 2.45) is 30.4 Å². The maximum atomic E-state index is 10.9. The average molecular weight is 943 g/mol. The van der Waals surface area contributed by atoms with E-state index in [4.69, 9.17) is 23.2 Å². The first-order chi connectivity index (χ1) is 29.5. The Morgan fingerprint density at radius 1 is 0.422 bits per heavy atom. The molecule has 0 aromatic heterocycles. The van der Waals surface area contributed by atoms with E-state index in [9.17, 15) is 60.9 Å². The van der Waals surface area contributed by atoms with Gasteiger partial charge in [-0.1, -0.05) is 23.2 Å². The van der Waals surface area contributed by atoms with Crippen LogP contribution in [0.4, 0.5) is 56.9 Å². The van der Waals surface area contributed by atoms with Crippen LogP contribution in [0.5, 0.6) is 23.0 Å². The number of phenols is 4. The molecule has 0 radical (unpaired) electrons. The number of azo groups is 2. The number of aromatic hydroxyl groups is 4. The number of phenolic OH excluding ortho intramolecular Hbond substituents is 4. The predicted molar refractivity (Wildman–Crippen MR) is 225 cm³/mol. The molecule has 0 amide bonds. The first-order valence-electron chi connectivity index (χ1n) is 16.9. The summed E-state index contributed by atoms with van der Waals surface area (Å²) in [6.45, 7) is 0. The van der Waals surface area contributed by atoms with Crippen molar-refractivity contribution in [1.29, 1.82) is 0 Å². The predicted octanol–water partition coefficient (Wildman–Crippen LogP) is 8.47. The Kier molecular flexibility index (Phi) is 18.2. The molecule has 318 valence electrons. The first kappa shape index (κ1) is 50.7. The van der Waals surface area contributed by atoms with Gasteiger partial charge in [0.25, 0.3) is 22.7 Å². The van der Waals surface area contributed by atoms with Crippen molar-refractivity contribution in [3.8, 4) is 23.0 Å². The Morgan fingerprint density at radius 2 is 0.734 bits per heavy atom. The Balaban J connectivity index is 0.000000330. The van der Waals surface area contributed by atoms with E-state index in [1.54, 1.807) is 0 Å². The zero-order valence-electron chi connectivity index (χ0n) is 32.2. The maximum Gasteiger partial charge on any atom is 1.00 e. The molecular formula is C38H24Cl2CrLiN10O12+. The fourth-order valence-corrected chi connectivity index (χ4v) is 5.18. The molecule has 26 heteroatoms. The van der Waals surface area contributed by atoms with Crippen LogP contribution in [0.25, 0.3) is 0 Å². The molecule has 0 fully saturated rings. The Morgan fingerprint density at radius 3 is 1.06 bits per heavy atom. The van der Waals surface area contributed by atoms with Crippen molar-refractivity contribution < 1.29 is 76.3 Å². The van der Waals surface area contributed by atoms with Crippen LogP contribution in [0.15, 0.2) is 140 Å². The summed E-state index contributed by atoms with van der Waals surface area (Å²) in [5, 5.41) is 98.9. The molecule has 0 saturated heterocycles. The summed E-state index contributed by atoms with van der Waals surface area (Å²) in [5.74, 6) is -0.850. The molecule has 64 heavy (non-hydrogen) atoms. The molecule has 22 nitrogen and oxygen atoms in total. The van der Waals surface area contributed by atoms with Crippen molar-refractivity contribution in [2.75, 3.05) is 0 Å². The molecule has 0 unspecified atom stereocenters. The van der Waals surface area contributed by atoms with Crippen LogP contribution in [0, 0.1) is 40.5 Å². The van der Waals surface area contributed by atoms with Gasteiger partial charge in [-0.2, -0.15) is 10.2 Å². The molecule has 6 rings (SSSR count). The number of nitro groups is 4. The summed E-state index contributed by atoms with van der Waals surface area (Å²) < 4.78 is 0. The SMILES string of the molecule is O=[N+]([O-])c1ccc(N=Nc2ccc(O)c(C=Nc3cc([N+](=O)[O-])ccc3O)c2)c(Cl)c1.O=[N+]([O-])c1ccc(N=Nc2ccc(O)c(C=Nc3cc([N+](=O)[O-])ccc3O)c2)c(Cl)c1.[Cr].[Li+]. The summed E-state index contributed by atoms with van der Waals surface area (Å²) in [5.41, 5.74) is 0.440. The van der Waals surface area contributed by atoms with Gasteiger partial charge in [0.05, 0.1) is 41.1 Å². The van der Waals surface area contributed by atoms with Gasteiger partial charge in [-0.3, -0.25) is 50.4 Å². The van der Waals surface area contributed by atoms with E-state index >= 15 is 0 Å². The summed E-state index contributed by atoms with van der Waals surface area (Å²) in [6.07, 6.45) is 2.40. The Labute approximate surface area is 391 Å². The van der Waals surface area contributed by atoms with Crippen LogP contribution in [0.1, 0.15) is 11.1 Å². The fourth-order valence-electron chi connectivity index (χ4n) is 4.75. The number of hydrogen-bond donors (Lipinski definition) is 4. The zero-order valence-corrected chi connectivity index (χ0v) is 35.0. The third-order valence-electron chi connectivity index (χ3n) is 7.88. The van der Waals surface area contributed by atoms with Gasteiger partial charge in [-0.05, 0) is 60.7 Å². The minimum atomic E-state index is -0.625. The number of non-ortho nitro benzene ring substituents is 4. The van der Waals surface area contributed by atoms with E-state index in [2.05, 4.69) is 30.4 Å². The number of aliphatic imine (C=N–C) groups is 2. The van der Waals surface area contributed by atoms with Gasteiger partial charge in [0, 0.05) is 89.4 Å². The second-order valence-corrected chi connectivity index (χ2v) is 12.9. The molecule has 0 aliphatic rings. The third kappa shape index (κ3) is 13.7. The number of nitro benzene ring substituents is 4. The van der Waals surface area contributed by atoms with Gasteiger partial charge in [-0.15, -0.1) is 10.2 Å². The van der Waals surface area contributed by atoms with Crippen molar-refractivity contribution in [3.05, 3.63) is 171 Å². The number of hydrogen-bond acceptors (Lipinski definition) is 18. The quantitative estimate of drug-likeness (QED) is 0.0295. The van der Waals surface area contributed by atoms with Crippen molar-refractivity contribution in [3.63, 3.8) is 0 Å². The molecule has 6 aromatic carbocycles. The van der Waals surface area contributed by atoms with Gasteiger partial charge in [-0.25, -0.2) is 0 Å². The van der Waals surface area contributed by atoms with Gasteiger partial charge in [0.1, 0.15) is 45.7 Å². The standard InChI is InChI=1S/2C19H12ClN5O6.Cr.Li/c2*20-15-8-13(24(28)29)2-4-16(15)23-22-12-1-5-18(26)11(7-12)10-21-17-9-14(25(30)31)3-6-19(17)27;;/h2*1-10,26-27H;;/q;;;+1. The maximum absolute atomic E-state index is 10.9.